The average Bonchev–Trinajstić information content (AvgIpc) is 3.36. The zero-order valence-electron chi connectivity index (χ0n) is 18.1. The highest BCUT2D eigenvalue weighted by Gasteiger charge is 2.25. The van der Waals surface area contributed by atoms with Crippen molar-refractivity contribution in [3.8, 4) is 11.3 Å². The maximum Gasteiger partial charge on any atom is 0.290 e. The van der Waals surface area contributed by atoms with Crippen molar-refractivity contribution in [2.75, 3.05) is 37.6 Å². The average molecular weight is 467 g/mol. The number of nitrogens with one attached hydrogen (secondary N) is 1. The number of fused-ring (bicyclic) bond motifs is 1. The Labute approximate surface area is 194 Å². The van der Waals surface area contributed by atoms with Crippen LogP contribution in [0.5, 0.6) is 0 Å². The van der Waals surface area contributed by atoms with Gasteiger partial charge in [0.05, 0.1) is 28.2 Å². The molecule has 0 saturated carbocycles. The highest BCUT2D eigenvalue weighted by atomic mass is 32.2. The van der Waals surface area contributed by atoms with Crippen LogP contribution in [-0.4, -0.2) is 63.4 Å². The van der Waals surface area contributed by atoms with Gasteiger partial charge in [-0.1, -0.05) is 13.0 Å². The summed E-state index contributed by atoms with van der Waals surface area (Å²) in [6.45, 7) is 6.73. The molecule has 8 nitrogen and oxygen atoms in total. The van der Waals surface area contributed by atoms with E-state index < -0.39 is 11.1 Å². The van der Waals surface area contributed by atoms with E-state index in [4.69, 9.17) is 0 Å². The Balaban J connectivity index is 1.41. The van der Waals surface area contributed by atoms with Gasteiger partial charge in [-0.15, -0.1) is 0 Å². The maximum atomic E-state index is 15.1. The van der Waals surface area contributed by atoms with Crippen LogP contribution in [0, 0.1) is 5.82 Å². The lowest BCUT2D eigenvalue weighted by Gasteiger charge is -2.36. The zero-order chi connectivity index (χ0) is 22.9. The fraction of sp³-hybridized carbons (Fsp3) is 0.304. The molecule has 1 aromatic carbocycles. The van der Waals surface area contributed by atoms with Crippen molar-refractivity contribution < 1.29 is 14.0 Å². The lowest BCUT2D eigenvalue weighted by atomic mass is 10.1. The van der Waals surface area contributed by atoms with Gasteiger partial charge in [-0.25, -0.2) is 13.9 Å². The first kappa shape index (κ1) is 21.6. The molecule has 5 rings (SSSR count). The topological polar surface area (TPSA) is 82.8 Å². The number of halogens is 1. The Morgan fingerprint density at radius 2 is 1.97 bits per heavy atom. The second-order valence-corrected chi connectivity index (χ2v) is 9.03. The van der Waals surface area contributed by atoms with Crippen LogP contribution in [0.3, 0.4) is 0 Å². The number of piperazine rings is 1. The minimum atomic E-state index is -0.439. The van der Waals surface area contributed by atoms with Crippen LogP contribution < -0.4 is 10.2 Å². The smallest absolute Gasteiger partial charge is 0.290 e. The molecule has 2 aliphatic heterocycles. The highest BCUT2D eigenvalue weighted by molar-refractivity contribution is 8.18. The molecule has 0 radical (unpaired) electrons. The summed E-state index contributed by atoms with van der Waals surface area (Å²) in [4.78, 5) is 32.4. The molecule has 170 valence electrons. The number of carbonyl (C=O) groups is 2. The number of hydrogen-bond acceptors (Lipinski definition) is 7. The number of nitrogens with zero attached hydrogens (tertiary/aromatic N) is 5. The Hall–Kier alpha value is -3.24. The summed E-state index contributed by atoms with van der Waals surface area (Å²) < 4.78 is 16.7. The highest BCUT2D eigenvalue weighted by Crippen LogP contribution is 2.29. The maximum absolute atomic E-state index is 15.1. The molecule has 0 bridgehead atoms. The minimum Gasteiger partial charge on any atom is -0.367 e. The van der Waals surface area contributed by atoms with Gasteiger partial charge >= 0.3 is 0 Å². The van der Waals surface area contributed by atoms with E-state index in [9.17, 15) is 9.59 Å². The molecule has 0 atom stereocenters. The first-order valence-electron chi connectivity index (χ1n) is 10.9. The van der Waals surface area contributed by atoms with Gasteiger partial charge in [-0.3, -0.25) is 19.8 Å². The van der Waals surface area contributed by atoms with Crippen molar-refractivity contribution in [3.05, 3.63) is 52.9 Å². The lowest BCUT2D eigenvalue weighted by molar-refractivity contribution is -0.115. The molecule has 10 heteroatoms. The van der Waals surface area contributed by atoms with Gasteiger partial charge in [0.1, 0.15) is 5.82 Å². The third kappa shape index (κ3) is 4.36. The number of carbonyl (C=O) groups excluding carboxylic acids is 2. The van der Waals surface area contributed by atoms with Crippen LogP contribution in [0.15, 0.2) is 41.4 Å². The molecule has 0 spiro atoms. The van der Waals surface area contributed by atoms with Crippen LogP contribution in [0.25, 0.3) is 23.0 Å². The molecule has 2 aliphatic rings. The molecule has 33 heavy (non-hydrogen) atoms. The molecule has 3 aromatic rings. The van der Waals surface area contributed by atoms with Gasteiger partial charge in [-0.2, -0.15) is 5.10 Å². The van der Waals surface area contributed by atoms with Gasteiger partial charge in [0, 0.05) is 31.7 Å². The normalized spacial score (nSPS) is 18.5. The fourth-order valence-corrected chi connectivity index (χ4v) is 4.83. The summed E-state index contributed by atoms with van der Waals surface area (Å²) in [7, 11) is 0. The fourth-order valence-electron chi connectivity index (χ4n) is 4.17. The first-order valence-corrected chi connectivity index (χ1v) is 11.7. The van der Waals surface area contributed by atoms with Gasteiger partial charge in [0.2, 0.25) is 0 Å². The Morgan fingerprint density at radius 1 is 1.15 bits per heavy atom. The summed E-state index contributed by atoms with van der Waals surface area (Å²) in [5.74, 6) is -0.715. The SMILES string of the molecule is CCCN1CCN(c2ccc(-c3cnc4ccc(C=C5SC(=O)NC5=O)nn34)cc2F)CC1. The lowest BCUT2D eigenvalue weighted by Crippen LogP contribution is -2.46. The van der Waals surface area contributed by atoms with Crippen LogP contribution in [0.4, 0.5) is 14.9 Å². The van der Waals surface area contributed by atoms with Crippen molar-refractivity contribution in [1.29, 1.82) is 0 Å². The molecule has 0 unspecified atom stereocenters. The number of imide groups is 1. The number of amides is 2. The molecule has 2 amide bonds. The van der Waals surface area contributed by atoms with Gasteiger partial charge in [0.15, 0.2) is 5.65 Å². The molecule has 0 aliphatic carbocycles. The molecule has 2 saturated heterocycles. The molecule has 2 aromatic heterocycles. The van der Waals surface area contributed by atoms with E-state index in [0.717, 1.165) is 50.9 Å². The molecular weight excluding hydrogens is 443 g/mol. The number of rotatable bonds is 5. The second-order valence-electron chi connectivity index (χ2n) is 8.02. The largest absolute Gasteiger partial charge is 0.367 e. The van der Waals surface area contributed by atoms with Gasteiger partial charge in [0.25, 0.3) is 11.1 Å². The Bertz CT molecular complexity index is 1270. The summed E-state index contributed by atoms with van der Waals surface area (Å²) >= 11 is 0.836. The number of benzene rings is 1. The van der Waals surface area contributed by atoms with Crippen LogP contribution in [0.1, 0.15) is 19.0 Å². The van der Waals surface area contributed by atoms with Crippen molar-refractivity contribution in [1.82, 2.24) is 24.8 Å². The first-order chi connectivity index (χ1) is 16.0. The van der Waals surface area contributed by atoms with Crippen molar-refractivity contribution in [2.24, 2.45) is 0 Å². The summed E-state index contributed by atoms with van der Waals surface area (Å²) in [5.41, 5.74) is 3.01. The molecular formula is C23H23FN6O2S. The monoisotopic (exact) mass is 466 g/mol. The van der Waals surface area contributed by atoms with Crippen molar-refractivity contribution >= 4 is 40.3 Å². The van der Waals surface area contributed by atoms with E-state index in [1.54, 1.807) is 28.9 Å². The summed E-state index contributed by atoms with van der Waals surface area (Å²) in [6.07, 6.45) is 4.33. The summed E-state index contributed by atoms with van der Waals surface area (Å²) in [6, 6.07) is 8.70. The number of imidazole rings is 1. The van der Waals surface area contributed by atoms with Gasteiger partial charge in [-0.05, 0) is 55.1 Å². The summed E-state index contributed by atoms with van der Waals surface area (Å²) in [5, 5.41) is 6.36. The van der Waals surface area contributed by atoms with E-state index in [-0.39, 0.29) is 10.7 Å². The molecule has 1 N–H and O–H groups in total. The number of hydrogen-bond donors (Lipinski definition) is 1. The van der Waals surface area contributed by atoms with E-state index >= 15 is 4.39 Å². The van der Waals surface area contributed by atoms with Crippen LogP contribution in [0.2, 0.25) is 0 Å². The van der Waals surface area contributed by atoms with Crippen molar-refractivity contribution in [2.45, 2.75) is 13.3 Å². The predicted molar refractivity (Wildman–Crippen MR) is 126 cm³/mol. The zero-order valence-corrected chi connectivity index (χ0v) is 18.9. The quantitative estimate of drug-likeness (QED) is 0.577. The Kier molecular flexibility index (Phi) is 5.86. The van der Waals surface area contributed by atoms with E-state index in [1.165, 1.54) is 6.07 Å². The third-order valence-electron chi connectivity index (χ3n) is 5.80. The number of aromatic nitrogens is 3. The van der Waals surface area contributed by atoms with Crippen LogP contribution in [-0.2, 0) is 4.79 Å². The molecule has 2 fully saturated rings. The minimum absolute atomic E-state index is 0.276. The number of thioether (sulfide) groups is 1. The Morgan fingerprint density at radius 3 is 2.67 bits per heavy atom. The van der Waals surface area contributed by atoms with E-state index in [0.29, 0.717) is 28.3 Å². The van der Waals surface area contributed by atoms with E-state index in [1.807, 2.05) is 12.1 Å². The van der Waals surface area contributed by atoms with Gasteiger partial charge < -0.3 is 4.90 Å². The molecule has 4 heterocycles. The third-order valence-corrected chi connectivity index (χ3v) is 6.61. The van der Waals surface area contributed by atoms with Crippen molar-refractivity contribution in [3.63, 3.8) is 0 Å². The predicted octanol–water partition coefficient (Wildman–Crippen LogP) is 3.39. The van der Waals surface area contributed by atoms with Crippen LogP contribution >= 0.6 is 11.8 Å². The second kappa shape index (κ2) is 8.95. The number of anilines is 1. The standard InChI is InChI=1S/C23H23FN6O2S/c1-2-7-28-8-10-29(11-9-28)18-5-3-15(12-17(18)24)19-14-25-21-6-4-16(27-30(19)21)13-20-22(31)26-23(32)33-20/h3-6,12-14H,2,7-11H2,1H3,(H,26,31,32). The van der Waals surface area contributed by atoms with E-state index in [2.05, 4.69) is 32.1 Å².